The number of carbonyl (C=O) groups is 1. The van der Waals surface area contributed by atoms with Crippen molar-refractivity contribution in [3.05, 3.63) is 23.8 Å². The highest BCUT2D eigenvalue weighted by atomic mass is 16.5. The second-order valence-electron chi connectivity index (χ2n) is 6.11. The average molecular weight is 290 g/mol. The number of rotatable bonds is 5. The van der Waals surface area contributed by atoms with E-state index in [0.29, 0.717) is 23.5 Å². The zero-order valence-corrected chi connectivity index (χ0v) is 13.0. The van der Waals surface area contributed by atoms with E-state index in [1.807, 2.05) is 0 Å². The molecule has 0 saturated heterocycles. The lowest BCUT2D eigenvalue weighted by atomic mass is 9.81. The Morgan fingerprint density at radius 1 is 1.43 bits per heavy atom. The van der Waals surface area contributed by atoms with Crippen LogP contribution in [0.3, 0.4) is 0 Å². The molecule has 0 heterocycles. The average Bonchev–Trinajstić information content (AvgIpc) is 2.47. The maximum Gasteiger partial charge on any atom is 0.255 e. The number of methoxy groups -OCH3 is 1. The Hall–Kier alpha value is -1.71. The van der Waals surface area contributed by atoms with Crippen LogP contribution in [-0.4, -0.2) is 19.6 Å². The summed E-state index contributed by atoms with van der Waals surface area (Å²) in [5, 5.41) is 2.99. The van der Waals surface area contributed by atoms with E-state index in [0.717, 1.165) is 18.3 Å². The molecule has 116 valence electrons. The van der Waals surface area contributed by atoms with Gasteiger partial charge in [0.25, 0.3) is 5.91 Å². The van der Waals surface area contributed by atoms with Crippen molar-refractivity contribution in [1.29, 1.82) is 0 Å². The minimum atomic E-state index is -0.108. The highest BCUT2D eigenvalue weighted by Gasteiger charge is 2.19. The Balaban J connectivity index is 1.86. The van der Waals surface area contributed by atoms with Crippen LogP contribution >= 0.6 is 0 Å². The highest BCUT2D eigenvalue weighted by Crippen LogP contribution is 2.30. The first-order valence-electron chi connectivity index (χ1n) is 7.82. The molecule has 2 atom stereocenters. The van der Waals surface area contributed by atoms with Crippen LogP contribution in [0.25, 0.3) is 0 Å². The molecule has 4 nitrogen and oxygen atoms in total. The summed E-state index contributed by atoms with van der Waals surface area (Å²) >= 11 is 0. The number of hydrogen-bond acceptors (Lipinski definition) is 3. The zero-order chi connectivity index (χ0) is 15.2. The van der Waals surface area contributed by atoms with Crippen molar-refractivity contribution in [2.24, 2.45) is 11.8 Å². The van der Waals surface area contributed by atoms with Gasteiger partial charge >= 0.3 is 0 Å². The number of nitrogen functional groups attached to an aromatic ring is 1. The SMILES string of the molecule is COc1c(N)cccc1C(=O)NCCC1CCCC(C)C1. The minimum absolute atomic E-state index is 0.108. The normalized spacial score (nSPS) is 21.8. The molecule has 1 aromatic rings. The fraction of sp³-hybridized carbons (Fsp3) is 0.588. The molecular weight excluding hydrogens is 264 g/mol. The van der Waals surface area contributed by atoms with Crippen molar-refractivity contribution < 1.29 is 9.53 Å². The summed E-state index contributed by atoms with van der Waals surface area (Å²) in [6, 6.07) is 5.25. The lowest BCUT2D eigenvalue weighted by Gasteiger charge is -2.26. The molecule has 1 amide bonds. The quantitative estimate of drug-likeness (QED) is 0.818. The van der Waals surface area contributed by atoms with Gasteiger partial charge in [0.1, 0.15) is 0 Å². The third kappa shape index (κ3) is 4.13. The van der Waals surface area contributed by atoms with E-state index in [1.165, 1.54) is 32.8 Å². The van der Waals surface area contributed by atoms with Crippen LogP contribution in [0.15, 0.2) is 18.2 Å². The Morgan fingerprint density at radius 2 is 2.24 bits per heavy atom. The van der Waals surface area contributed by atoms with Gasteiger partial charge in [0, 0.05) is 6.54 Å². The lowest BCUT2D eigenvalue weighted by molar-refractivity contribution is 0.0946. The fourth-order valence-corrected chi connectivity index (χ4v) is 3.27. The molecular formula is C17H26N2O2. The number of amides is 1. The van der Waals surface area contributed by atoms with E-state index in [4.69, 9.17) is 10.5 Å². The predicted molar refractivity (Wildman–Crippen MR) is 85.5 cm³/mol. The summed E-state index contributed by atoms with van der Waals surface area (Å²) in [6.07, 6.45) is 6.31. The summed E-state index contributed by atoms with van der Waals surface area (Å²) in [5.74, 6) is 1.93. The van der Waals surface area contributed by atoms with Gasteiger partial charge in [-0.1, -0.05) is 32.3 Å². The molecule has 1 aliphatic carbocycles. The minimum Gasteiger partial charge on any atom is -0.494 e. The van der Waals surface area contributed by atoms with E-state index >= 15 is 0 Å². The molecule has 4 heteroatoms. The molecule has 2 rings (SSSR count). The molecule has 1 fully saturated rings. The number of hydrogen-bond donors (Lipinski definition) is 2. The number of anilines is 1. The van der Waals surface area contributed by atoms with Crippen LogP contribution in [0.4, 0.5) is 5.69 Å². The Bertz CT molecular complexity index is 488. The summed E-state index contributed by atoms with van der Waals surface area (Å²) in [4.78, 5) is 12.2. The summed E-state index contributed by atoms with van der Waals surface area (Å²) in [5.41, 5.74) is 6.83. The van der Waals surface area contributed by atoms with Gasteiger partial charge in [-0.3, -0.25) is 4.79 Å². The fourth-order valence-electron chi connectivity index (χ4n) is 3.27. The Kier molecular flexibility index (Phi) is 5.48. The number of para-hydroxylation sites is 1. The van der Waals surface area contributed by atoms with Gasteiger partial charge in [-0.2, -0.15) is 0 Å². The smallest absolute Gasteiger partial charge is 0.255 e. The highest BCUT2D eigenvalue weighted by molar-refractivity contribution is 5.98. The molecule has 0 bridgehead atoms. The lowest BCUT2D eigenvalue weighted by Crippen LogP contribution is -2.27. The summed E-state index contributed by atoms with van der Waals surface area (Å²) in [7, 11) is 1.53. The topological polar surface area (TPSA) is 64.3 Å². The molecule has 0 radical (unpaired) electrons. The first-order chi connectivity index (χ1) is 10.1. The third-order valence-corrected chi connectivity index (χ3v) is 4.38. The van der Waals surface area contributed by atoms with Crippen LogP contribution < -0.4 is 15.8 Å². The van der Waals surface area contributed by atoms with Crippen LogP contribution in [-0.2, 0) is 0 Å². The van der Waals surface area contributed by atoms with Crippen LogP contribution in [0.5, 0.6) is 5.75 Å². The van der Waals surface area contributed by atoms with E-state index < -0.39 is 0 Å². The zero-order valence-electron chi connectivity index (χ0n) is 13.0. The van der Waals surface area contributed by atoms with Crippen LogP contribution in [0, 0.1) is 11.8 Å². The monoisotopic (exact) mass is 290 g/mol. The standard InChI is InChI=1S/C17H26N2O2/c1-12-5-3-6-13(11-12)9-10-19-17(20)14-7-4-8-15(18)16(14)21-2/h4,7-8,12-13H,3,5-6,9-11,18H2,1-2H3,(H,19,20). The Labute approximate surface area is 127 Å². The number of carbonyl (C=O) groups excluding carboxylic acids is 1. The predicted octanol–water partition coefficient (Wildman–Crippen LogP) is 3.22. The molecule has 3 N–H and O–H groups in total. The van der Waals surface area contributed by atoms with E-state index in [9.17, 15) is 4.79 Å². The Morgan fingerprint density at radius 3 is 2.95 bits per heavy atom. The molecule has 0 spiro atoms. The largest absolute Gasteiger partial charge is 0.494 e. The van der Waals surface area contributed by atoms with E-state index in [1.54, 1.807) is 18.2 Å². The first kappa shape index (κ1) is 15.7. The molecule has 0 aromatic heterocycles. The van der Waals surface area contributed by atoms with E-state index in [-0.39, 0.29) is 5.91 Å². The van der Waals surface area contributed by atoms with Gasteiger partial charge in [-0.25, -0.2) is 0 Å². The first-order valence-corrected chi connectivity index (χ1v) is 7.82. The summed E-state index contributed by atoms with van der Waals surface area (Å²) < 4.78 is 5.22. The second-order valence-corrected chi connectivity index (χ2v) is 6.11. The molecule has 1 aliphatic rings. The van der Waals surface area contributed by atoms with Gasteiger partial charge in [0.05, 0.1) is 18.4 Å². The molecule has 1 saturated carbocycles. The van der Waals surface area contributed by atoms with Crippen LogP contribution in [0.2, 0.25) is 0 Å². The van der Waals surface area contributed by atoms with Crippen molar-refractivity contribution in [3.8, 4) is 5.75 Å². The number of ether oxygens (including phenoxy) is 1. The van der Waals surface area contributed by atoms with Gasteiger partial charge in [0.15, 0.2) is 5.75 Å². The number of benzene rings is 1. The molecule has 2 unspecified atom stereocenters. The van der Waals surface area contributed by atoms with E-state index in [2.05, 4.69) is 12.2 Å². The van der Waals surface area contributed by atoms with Crippen molar-refractivity contribution in [2.45, 2.75) is 39.0 Å². The maximum atomic E-state index is 12.2. The molecule has 21 heavy (non-hydrogen) atoms. The number of nitrogens with two attached hydrogens (primary N) is 1. The van der Waals surface area contributed by atoms with Crippen molar-refractivity contribution in [1.82, 2.24) is 5.32 Å². The van der Waals surface area contributed by atoms with Gasteiger partial charge in [-0.05, 0) is 36.8 Å². The summed E-state index contributed by atoms with van der Waals surface area (Å²) in [6.45, 7) is 3.04. The maximum absolute atomic E-state index is 12.2. The molecule has 0 aliphatic heterocycles. The number of nitrogens with one attached hydrogen (secondary N) is 1. The second kappa shape index (κ2) is 7.34. The third-order valence-electron chi connectivity index (χ3n) is 4.38. The van der Waals surface area contributed by atoms with Crippen LogP contribution in [0.1, 0.15) is 49.4 Å². The van der Waals surface area contributed by atoms with Crippen molar-refractivity contribution in [3.63, 3.8) is 0 Å². The van der Waals surface area contributed by atoms with Gasteiger partial charge < -0.3 is 15.8 Å². The van der Waals surface area contributed by atoms with Crippen molar-refractivity contribution >= 4 is 11.6 Å². The van der Waals surface area contributed by atoms with Gasteiger partial charge in [0.2, 0.25) is 0 Å². The molecule has 1 aromatic carbocycles. The van der Waals surface area contributed by atoms with Gasteiger partial charge in [-0.15, -0.1) is 0 Å². The van der Waals surface area contributed by atoms with Crippen molar-refractivity contribution in [2.75, 3.05) is 19.4 Å².